The van der Waals surface area contributed by atoms with Crippen LogP contribution in [0.5, 0.6) is 5.75 Å². The first-order chi connectivity index (χ1) is 17.8. The number of nitrogens with zero attached hydrogens (tertiary/aromatic N) is 2. The summed E-state index contributed by atoms with van der Waals surface area (Å²) >= 11 is 0. The predicted molar refractivity (Wildman–Crippen MR) is 146 cm³/mol. The van der Waals surface area contributed by atoms with Crippen LogP contribution in [0.4, 0.5) is 0 Å². The summed E-state index contributed by atoms with van der Waals surface area (Å²) in [6.45, 7) is 8.27. The number of hydrogen-bond donors (Lipinski definition) is 1. The fourth-order valence-corrected chi connectivity index (χ4v) is 4.67. The third-order valence-electron chi connectivity index (χ3n) is 6.32. The first kappa shape index (κ1) is 26.5. The molecule has 37 heavy (non-hydrogen) atoms. The monoisotopic (exact) mass is 504 g/mol. The molecule has 1 aromatic carbocycles. The zero-order valence-electron chi connectivity index (χ0n) is 22.1. The summed E-state index contributed by atoms with van der Waals surface area (Å²) in [5.74, 6) is 0.424. The van der Waals surface area contributed by atoms with E-state index in [0.717, 1.165) is 65.6 Å². The zero-order chi connectivity index (χ0) is 26.5. The molecule has 2 aliphatic rings. The number of aromatic nitrogens is 2. The van der Waals surface area contributed by atoms with E-state index in [1.165, 1.54) is 17.8 Å². The van der Waals surface area contributed by atoms with Crippen LogP contribution in [0.25, 0.3) is 23.0 Å². The van der Waals surface area contributed by atoms with Gasteiger partial charge in [-0.1, -0.05) is 26.8 Å². The average molecular weight is 505 g/mol. The Balaban J connectivity index is 0.000000747. The number of methoxy groups -OCH3 is 1. The number of aryl methyl sites for hydroxylation is 3. The number of pyridine rings is 1. The minimum atomic E-state index is -1.20. The van der Waals surface area contributed by atoms with Crippen LogP contribution >= 0.6 is 0 Å². The Hall–Kier alpha value is -3.58. The fraction of sp³-hybridized carbons (Fsp3) is 0.400. The Bertz CT molecular complexity index is 1360. The fourth-order valence-electron chi connectivity index (χ4n) is 4.67. The van der Waals surface area contributed by atoms with Gasteiger partial charge < -0.3 is 23.7 Å². The number of carboxylic acids is 1. The van der Waals surface area contributed by atoms with Crippen LogP contribution in [-0.2, 0) is 24.1 Å². The standard InChI is InChI=1S/C26H26N2O5.C4H10/c1-32-11-4-12-33-25-13-18-7-9-27-16-20(26(30)31)24(29)15-22(27)19(18)14-23(25)28-10-8-17-5-2-3-6-21(17)28;1-4(2)3/h3,6,8,10,13-16H,2,4-5,7,9,11-12H2,1H3,(H,30,31);4H,1-3H3. The minimum Gasteiger partial charge on any atom is -0.491 e. The van der Waals surface area contributed by atoms with Crippen LogP contribution in [-0.4, -0.2) is 40.5 Å². The minimum absolute atomic E-state index is 0.204. The average Bonchev–Trinajstić information content (AvgIpc) is 3.29. The van der Waals surface area contributed by atoms with E-state index >= 15 is 0 Å². The van der Waals surface area contributed by atoms with Gasteiger partial charge in [0, 0.05) is 56.4 Å². The van der Waals surface area contributed by atoms with Gasteiger partial charge in [0.25, 0.3) is 0 Å². The maximum absolute atomic E-state index is 12.5. The van der Waals surface area contributed by atoms with Gasteiger partial charge in [-0.05, 0) is 60.6 Å². The van der Waals surface area contributed by atoms with Crippen molar-refractivity contribution >= 4 is 12.0 Å². The van der Waals surface area contributed by atoms with Gasteiger partial charge in [-0.25, -0.2) is 4.79 Å². The van der Waals surface area contributed by atoms with Crippen LogP contribution in [0.2, 0.25) is 0 Å². The molecule has 196 valence electrons. The first-order valence-corrected chi connectivity index (χ1v) is 12.9. The second-order valence-electron chi connectivity index (χ2n) is 10.1. The maximum atomic E-state index is 12.5. The van der Waals surface area contributed by atoms with Gasteiger partial charge in [0.2, 0.25) is 0 Å². The number of carbonyl (C=O) groups is 1. The SMILES string of the molecule is CC(C)C.COCCCOc1cc2c(cc1-n1ccc3c1C=CCC3)-c1cc(=O)c(C(=O)O)cn1CC2. The van der Waals surface area contributed by atoms with Gasteiger partial charge >= 0.3 is 5.97 Å². The highest BCUT2D eigenvalue weighted by molar-refractivity contribution is 5.88. The van der Waals surface area contributed by atoms with E-state index in [9.17, 15) is 14.7 Å². The third-order valence-corrected chi connectivity index (χ3v) is 6.32. The molecule has 0 saturated carbocycles. The van der Waals surface area contributed by atoms with Gasteiger partial charge in [0.05, 0.1) is 18.0 Å². The Morgan fingerprint density at radius 1 is 1.11 bits per heavy atom. The molecule has 0 amide bonds. The van der Waals surface area contributed by atoms with Crippen molar-refractivity contribution < 1.29 is 19.4 Å². The Kier molecular flexibility index (Phi) is 8.34. The summed E-state index contributed by atoms with van der Waals surface area (Å²) < 4.78 is 15.4. The van der Waals surface area contributed by atoms with Gasteiger partial charge in [0.15, 0.2) is 5.43 Å². The second kappa shape index (κ2) is 11.6. The van der Waals surface area contributed by atoms with E-state index in [4.69, 9.17) is 9.47 Å². The topological polar surface area (TPSA) is 82.7 Å². The normalized spacial score (nSPS) is 13.3. The van der Waals surface area contributed by atoms with E-state index in [0.29, 0.717) is 19.8 Å². The number of ether oxygens (including phenoxy) is 2. The molecule has 1 aliphatic carbocycles. The number of rotatable bonds is 7. The van der Waals surface area contributed by atoms with Crippen LogP contribution in [0, 0.1) is 5.92 Å². The molecule has 3 heterocycles. The molecule has 0 saturated heterocycles. The highest BCUT2D eigenvalue weighted by Gasteiger charge is 2.23. The summed E-state index contributed by atoms with van der Waals surface area (Å²) in [5.41, 5.74) is 5.39. The van der Waals surface area contributed by atoms with E-state index in [-0.39, 0.29) is 5.56 Å². The molecule has 2 aromatic heterocycles. The maximum Gasteiger partial charge on any atom is 0.341 e. The lowest BCUT2D eigenvalue weighted by molar-refractivity contribution is 0.0694. The summed E-state index contributed by atoms with van der Waals surface area (Å²) in [5, 5.41) is 9.35. The van der Waals surface area contributed by atoms with E-state index in [1.54, 1.807) is 7.11 Å². The first-order valence-electron chi connectivity index (χ1n) is 12.9. The molecule has 0 spiro atoms. The lowest BCUT2D eigenvalue weighted by Gasteiger charge is -2.25. The van der Waals surface area contributed by atoms with Gasteiger partial charge in [-0.2, -0.15) is 0 Å². The highest BCUT2D eigenvalue weighted by atomic mass is 16.5. The van der Waals surface area contributed by atoms with Crippen LogP contribution < -0.4 is 10.2 Å². The van der Waals surface area contributed by atoms with Crippen molar-refractivity contribution in [3.05, 3.63) is 75.3 Å². The third kappa shape index (κ3) is 5.88. The molecular formula is C30H36N2O5. The second-order valence-corrected chi connectivity index (χ2v) is 10.1. The quantitative estimate of drug-likeness (QED) is 0.424. The van der Waals surface area contributed by atoms with E-state index in [2.05, 4.69) is 61.9 Å². The van der Waals surface area contributed by atoms with Crippen LogP contribution in [0.1, 0.15) is 60.8 Å². The van der Waals surface area contributed by atoms with Gasteiger partial charge in [-0.15, -0.1) is 0 Å². The summed E-state index contributed by atoms with van der Waals surface area (Å²) in [4.78, 5) is 23.9. The Morgan fingerprint density at radius 3 is 2.62 bits per heavy atom. The van der Waals surface area contributed by atoms with Crippen molar-refractivity contribution in [2.24, 2.45) is 5.92 Å². The molecule has 5 rings (SSSR count). The van der Waals surface area contributed by atoms with Gasteiger partial charge in [0.1, 0.15) is 11.3 Å². The molecule has 1 N–H and O–H groups in total. The highest BCUT2D eigenvalue weighted by Crippen LogP contribution is 2.38. The van der Waals surface area contributed by atoms with Crippen molar-refractivity contribution in [2.75, 3.05) is 20.3 Å². The van der Waals surface area contributed by atoms with Crippen LogP contribution in [0.3, 0.4) is 0 Å². The molecule has 0 bridgehead atoms. The molecule has 0 atom stereocenters. The predicted octanol–water partition coefficient (Wildman–Crippen LogP) is 5.60. The largest absolute Gasteiger partial charge is 0.491 e. The molecule has 7 nitrogen and oxygen atoms in total. The number of hydrogen-bond acceptors (Lipinski definition) is 4. The van der Waals surface area contributed by atoms with E-state index in [1.807, 2.05) is 4.57 Å². The Labute approximate surface area is 218 Å². The molecule has 0 fully saturated rings. The van der Waals surface area contributed by atoms with Crippen LogP contribution in [0.15, 0.2) is 47.5 Å². The van der Waals surface area contributed by atoms with Crippen molar-refractivity contribution in [1.29, 1.82) is 0 Å². The summed E-state index contributed by atoms with van der Waals surface area (Å²) in [7, 11) is 1.68. The van der Waals surface area contributed by atoms with Crippen molar-refractivity contribution in [2.45, 2.75) is 53.0 Å². The number of aromatic carboxylic acids is 1. The van der Waals surface area contributed by atoms with Crippen molar-refractivity contribution in [1.82, 2.24) is 9.13 Å². The van der Waals surface area contributed by atoms with Crippen molar-refractivity contribution in [3.63, 3.8) is 0 Å². The summed E-state index contributed by atoms with van der Waals surface area (Å²) in [6.07, 6.45) is 11.4. The zero-order valence-corrected chi connectivity index (χ0v) is 22.1. The van der Waals surface area contributed by atoms with Gasteiger partial charge in [-0.3, -0.25) is 4.79 Å². The molecular weight excluding hydrogens is 468 g/mol. The molecule has 7 heteroatoms. The summed E-state index contributed by atoms with van der Waals surface area (Å²) in [6, 6.07) is 7.71. The number of allylic oxidation sites excluding steroid dienone is 1. The number of carboxylic acid groups (broad SMARTS) is 1. The smallest absolute Gasteiger partial charge is 0.341 e. The number of fused-ring (bicyclic) bond motifs is 4. The lowest BCUT2D eigenvalue weighted by atomic mass is 9.95. The molecule has 1 aliphatic heterocycles. The number of benzene rings is 1. The Morgan fingerprint density at radius 2 is 1.89 bits per heavy atom. The van der Waals surface area contributed by atoms with E-state index < -0.39 is 11.4 Å². The van der Waals surface area contributed by atoms with Crippen molar-refractivity contribution in [3.8, 4) is 22.7 Å². The molecule has 0 unspecified atom stereocenters. The molecule has 0 radical (unpaired) electrons. The molecule has 3 aromatic rings. The lowest BCUT2D eigenvalue weighted by Crippen LogP contribution is -2.22.